The molecule has 1 atom stereocenters. The van der Waals surface area contributed by atoms with E-state index in [9.17, 15) is 0 Å². The number of halogens is 1. The first kappa shape index (κ1) is 9.59. The van der Waals surface area contributed by atoms with Crippen LogP contribution in [0.4, 0.5) is 0 Å². The standard InChI is InChI=1S/C9H9ClOS2/c10-9(6-11)4-3-8(13-9)7-2-1-5-12-7/h1-3,5,11H,4,6H2. The van der Waals surface area contributed by atoms with Gasteiger partial charge in [0.05, 0.1) is 6.61 Å². The van der Waals surface area contributed by atoms with Gasteiger partial charge in [-0.15, -0.1) is 22.9 Å². The highest BCUT2D eigenvalue weighted by molar-refractivity contribution is 8.11. The van der Waals surface area contributed by atoms with Crippen molar-refractivity contribution in [3.05, 3.63) is 28.5 Å². The summed E-state index contributed by atoms with van der Waals surface area (Å²) in [6.07, 6.45) is 2.84. The summed E-state index contributed by atoms with van der Waals surface area (Å²) >= 11 is 9.39. The van der Waals surface area contributed by atoms with Crippen LogP contribution in [0.15, 0.2) is 23.6 Å². The Morgan fingerprint density at radius 3 is 3.00 bits per heavy atom. The van der Waals surface area contributed by atoms with Crippen molar-refractivity contribution in [2.24, 2.45) is 0 Å². The van der Waals surface area contributed by atoms with Gasteiger partial charge in [-0.25, -0.2) is 0 Å². The largest absolute Gasteiger partial charge is 0.394 e. The Morgan fingerprint density at radius 2 is 2.46 bits per heavy atom. The molecule has 1 aliphatic heterocycles. The minimum absolute atomic E-state index is 0.0184. The number of thioether (sulfide) groups is 1. The first-order valence-electron chi connectivity index (χ1n) is 3.96. The molecule has 1 aromatic heterocycles. The van der Waals surface area contributed by atoms with Crippen LogP contribution in [-0.2, 0) is 0 Å². The van der Waals surface area contributed by atoms with Gasteiger partial charge in [0, 0.05) is 9.78 Å². The summed E-state index contributed by atoms with van der Waals surface area (Å²) in [6, 6.07) is 4.10. The molecule has 0 bridgehead atoms. The van der Waals surface area contributed by atoms with Gasteiger partial charge in [0.15, 0.2) is 0 Å². The summed E-state index contributed by atoms with van der Waals surface area (Å²) in [6.45, 7) is 0.0184. The SMILES string of the molecule is OCC1(Cl)CC=C(c2cccs2)S1. The Labute approximate surface area is 90.4 Å². The molecule has 1 N–H and O–H groups in total. The monoisotopic (exact) mass is 232 g/mol. The van der Waals surface area contributed by atoms with Gasteiger partial charge < -0.3 is 5.11 Å². The van der Waals surface area contributed by atoms with Crippen LogP contribution < -0.4 is 0 Å². The fourth-order valence-electron chi connectivity index (χ4n) is 1.19. The van der Waals surface area contributed by atoms with Gasteiger partial charge in [0.1, 0.15) is 4.21 Å². The molecule has 70 valence electrons. The van der Waals surface area contributed by atoms with E-state index in [1.54, 1.807) is 23.1 Å². The van der Waals surface area contributed by atoms with Crippen molar-refractivity contribution < 1.29 is 5.11 Å². The highest BCUT2D eigenvalue weighted by atomic mass is 35.5. The summed E-state index contributed by atoms with van der Waals surface area (Å²) in [4.78, 5) is 2.43. The first-order valence-corrected chi connectivity index (χ1v) is 6.04. The number of thiophene rings is 1. The molecule has 1 aromatic rings. The Hall–Kier alpha value is 0.0400. The zero-order chi connectivity index (χ0) is 9.31. The van der Waals surface area contributed by atoms with Gasteiger partial charge in [-0.3, -0.25) is 0 Å². The summed E-state index contributed by atoms with van der Waals surface area (Å²) in [7, 11) is 0. The third kappa shape index (κ3) is 1.94. The lowest BCUT2D eigenvalue weighted by molar-refractivity contribution is 0.283. The molecule has 0 aromatic carbocycles. The number of hydrogen-bond acceptors (Lipinski definition) is 3. The molecule has 1 aliphatic rings. The lowest BCUT2D eigenvalue weighted by atomic mass is 10.3. The third-order valence-corrected chi connectivity index (χ3v) is 4.69. The molecular weight excluding hydrogens is 224 g/mol. The lowest BCUT2D eigenvalue weighted by Gasteiger charge is -2.16. The number of allylic oxidation sites excluding steroid dienone is 1. The number of alkyl halides is 1. The van der Waals surface area contributed by atoms with Crippen molar-refractivity contribution >= 4 is 39.6 Å². The maximum atomic E-state index is 9.06. The van der Waals surface area contributed by atoms with E-state index in [2.05, 4.69) is 12.1 Å². The van der Waals surface area contributed by atoms with Gasteiger partial charge in [0.2, 0.25) is 0 Å². The van der Waals surface area contributed by atoms with E-state index in [4.69, 9.17) is 16.7 Å². The van der Waals surface area contributed by atoms with Gasteiger partial charge >= 0.3 is 0 Å². The molecular formula is C9H9ClOS2. The van der Waals surface area contributed by atoms with Crippen LogP contribution in [0.2, 0.25) is 0 Å². The normalized spacial score (nSPS) is 27.7. The molecule has 0 fully saturated rings. The van der Waals surface area contributed by atoms with Crippen LogP contribution in [0.5, 0.6) is 0 Å². The van der Waals surface area contributed by atoms with Crippen LogP contribution >= 0.6 is 34.7 Å². The molecule has 4 heteroatoms. The van der Waals surface area contributed by atoms with Crippen molar-refractivity contribution in [2.75, 3.05) is 6.61 Å². The quantitative estimate of drug-likeness (QED) is 0.791. The summed E-state index contributed by atoms with van der Waals surface area (Å²) in [5, 5.41) is 11.1. The van der Waals surface area contributed by atoms with Crippen LogP contribution in [0, 0.1) is 0 Å². The van der Waals surface area contributed by atoms with Crippen LogP contribution in [0.25, 0.3) is 4.91 Å². The Bertz CT molecular complexity index is 320. The molecule has 13 heavy (non-hydrogen) atoms. The van der Waals surface area contributed by atoms with Crippen molar-refractivity contribution in [3.63, 3.8) is 0 Å². The second-order valence-electron chi connectivity index (χ2n) is 2.89. The first-order chi connectivity index (χ1) is 6.23. The van der Waals surface area contributed by atoms with Crippen molar-refractivity contribution in [1.29, 1.82) is 0 Å². The second kappa shape index (κ2) is 3.65. The maximum absolute atomic E-state index is 9.06. The van der Waals surface area contributed by atoms with E-state index in [1.165, 1.54) is 9.78 Å². The summed E-state index contributed by atoms with van der Waals surface area (Å²) in [5.41, 5.74) is 0. The molecule has 1 unspecified atom stereocenters. The molecule has 0 saturated carbocycles. The fourth-order valence-corrected chi connectivity index (χ4v) is 3.41. The lowest BCUT2D eigenvalue weighted by Crippen LogP contribution is -2.17. The van der Waals surface area contributed by atoms with Gasteiger partial charge in [-0.05, 0) is 17.9 Å². The van der Waals surface area contributed by atoms with Gasteiger partial charge in [-0.1, -0.05) is 23.9 Å². The fraction of sp³-hybridized carbons (Fsp3) is 0.333. The number of aliphatic hydroxyl groups is 1. The van der Waals surface area contributed by atoms with Crippen molar-refractivity contribution in [1.82, 2.24) is 0 Å². The van der Waals surface area contributed by atoms with E-state index < -0.39 is 4.21 Å². The summed E-state index contributed by atoms with van der Waals surface area (Å²) < 4.78 is -0.515. The second-order valence-corrected chi connectivity index (χ2v) is 6.21. The molecule has 0 radical (unpaired) electrons. The highest BCUT2D eigenvalue weighted by Crippen LogP contribution is 2.49. The van der Waals surface area contributed by atoms with Gasteiger partial charge in [0.25, 0.3) is 0 Å². The molecule has 0 saturated heterocycles. The average molecular weight is 233 g/mol. The molecule has 0 aliphatic carbocycles. The van der Waals surface area contributed by atoms with E-state index in [0.29, 0.717) is 0 Å². The third-order valence-electron chi connectivity index (χ3n) is 1.89. The minimum Gasteiger partial charge on any atom is -0.394 e. The van der Waals surface area contributed by atoms with E-state index in [0.717, 1.165) is 6.42 Å². The zero-order valence-electron chi connectivity index (χ0n) is 6.87. The molecule has 0 spiro atoms. The van der Waals surface area contributed by atoms with Crippen LogP contribution in [0.3, 0.4) is 0 Å². The minimum atomic E-state index is -0.515. The maximum Gasteiger partial charge on any atom is 0.121 e. The Morgan fingerprint density at radius 1 is 1.62 bits per heavy atom. The molecule has 1 nitrogen and oxygen atoms in total. The Balaban J connectivity index is 2.14. The van der Waals surface area contributed by atoms with Crippen molar-refractivity contribution in [2.45, 2.75) is 10.6 Å². The van der Waals surface area contributed by atoms with Crippen molar-refractivity contribution in [3.8, 4) is 0 Å². The predicted octanol–water partition coefficient (Wildman–Crippen LogP) is 3.15. The topological polar surface area (TPSA) is 20.2 Å². The summed E-state index contributed by atoms with van der Waals surface area (Å²) in [5.74, 6) is 0. The zero-order valence-corrected chi connectivity index (χ0v) is 9.25. The van der Waals surface area contributed by atoms with E-state index in [-0.39, 0.29) is 6.61 Å². The number of aliphatic hydroxyl groups excluding tert-OH is 1. The van der Waals surface area contributed by atoms with E-state index >= 15 is 0 Å². The smallest absolute Gasteiger partial charge is 0.121 e. The van der Waals surface area contributed by atoms with Crippen LogP contribution in [-0.4, -0.2) is 15.9 Å². The predicted molar refractivity (Wildman–Crippen MR) is 60.2 cm³/mol. The molecule has 2 rings (SSSR count). The number of hydrogen-bond donors (Lipinski definition) is 1. The highest BCUT2D eigenvalue weighted by Gasteiger charge is 2.33. The number of rotatable bonds is 2. The Kier molecular flexibility index (Phi) is 2.70. The average Bonchev–Trinajstić information content (AvgIpc) is 2.73. The molecule has 2 heterocycles. The van der Waals surface area contributed by atoms with Crippen LogP contribution in [0.1, 0.15) is 11.3 Å². The van der Waals surface area contributed by atoms with E-state index in [1.807, 2.05) is 11.4 Å². The molecule has 0 amide bonds. The van der Waals surface area contributed by atoms with Gasteiger partial charge in [-0.2, -0.15) is 0 Å².